The molecule has 0 heterocycles. The van der Waals surface area contributed by atoms with E-state index < -0.39 is 0 Å². The number of carbonyl (C=O) groups is 1. The molecule has 33 heavy (non-hydrogen) atoms. The SMILES string of the molecule is CCCCCCCCOCCOCCOCCOCCOCCOCCOCCOC(C)=O. The van der Waals surface area contributed by atoms with Gasteiger partial charge in [0, 0.05) is 13.5 Å². The van der Waals surface area contributed by atoms with Gasteiger partial charge in [-0.2, -0.15) is 0 Å². The minimum atomic E-state index is -0.302. The quantitative estimate of drug-likeness (QED) is 0.124. The molecule has 0 radical (unpaired) electrons. The lowest BCUT2D eigenvalue weighted by Crippen LogP contribution is -2.15. The van der Waals surface area contributed by atoms with E-state index in [0.29, 0.717) is 85.9 Å². The van der Waals surface area contributed by atoms with Gasteiger partial charge < -0.3 is 37.9 Å². The lowest BCUT2D eigenvalue weighted by atomic mass is 10.1. The number of unbranched alkanes of at least 4 members (excludes halogenated alkanes) is 5. The van der Waals surface area contributed by atoms with E-state index in [1.54, 1.807) is 0 Å². The summed E-state index contributed by atoms with van der Waals surface area (Å²) in [5.74, 6) is -0.302. The average molecular weight is 481 g/mol. The Balaban J connectivity index is 3.01. The predicted molar refractivity (Wildman–Crippen MR) is 126 cm³/mol. The van der Waals surface area contributed by atoms with Crippen molar-refractivity contribution in [1.29, 1.82) is 0 Å². The second kappa shape index (κ2) is 29.2. The standard InChI is InChI=1S/C24H48O9/c1-3-4-5-6-7-8-9-26-10-11-27-12-13-28-14-15-29-16-17-30-18-19-31-20-21-32-22-23-33-24(2)25/h3-23H2,1-2H3. The number of rotatable bonds is 28. The van der Waals surface area contributed by atoms with Crippen molar-refractivity contribution in [3.8, 4) is 0 Å². The number of esters is 1. The van der Waals surface area contributed by atoms with E-state index in [-0.39, 0.29) is 12.6 Å². The third-order valence-electron chi connectivity index (χ3n) is 4.41. The van der Waals surface area contributed by atoms with Crippen LogP contribution in [0.5, 0.6) is 0 Å². The first-order valence-electron chi connectivity index (χ1n) is 12.4. The Labute approximate surface area is 200 Å². The maximum absolute atomic E-state index is 10.6. The van der Waals surface area contributed by atoms with Crippen LogP contribution in [0.25, 0.3) is 0 Å². The summed E-state index contributed by atoms with van der Waals surface area (Å²) in [7, 11) is 0. The Bertz CT molecular complexity index is 383. The maximum Gasteiger partial charge on any atom is 0.302 e. The summed E-state index contributed by atoms with van der Waals surface area (Å²) in [5, 5.41) is 0. The van der Waals surface area contributed by atoms with Crippen LogP contribution in [0.3, 0.4) is 0 Å². The van der Waals surface area contributed by atoms with Crippen molar-refractivity contribution in [3.05, 3.63) is 0 Å². The summed E-state index contributed by atoms with van der Waals surface area (Å²) < 4.78 is 42.7. The molecule has 0 aliphatic heterocycles. The highest BCUT2D eigenvalue weighted by atomic mass is 16.6. The van der Waals surface area contributed by atoms with E-state index in [4.69, 9.17) is 37.9 Å². The summed E-state index contributed by atoms with van der Waals surface area (Å²) in [6.45, 7) is 11.5. The van der Waals surface area contributed by atoms with Crippen LogP contribution in [0.15, 0.2) is 0 Å². The van der Waals surface area contributed by atoms with Crippen LogP contribution in [0.4, 0.5) is 0 Å². The smallest absolute Gasteiger partial charge is 0.302 e. The van der Waals surface area contributed by atoms with Gasteiger partial charge in [-0.3, -0.25) is 4.79 Å². The lowest BCUT2D eigenvalue weighted by Gasteiger charge is -2.08. The zero-order valence-corrected chi connectivity index (χ0v) is 21.0. The largest absolute Gasteiger partial charge is 0.463 e. The molecule has 0 bridgehead atoms. The highest BCUT2D eigenvalue weighted by Gasteiger charge is 1.96. The van der Waals surface area contributed by atoms with Gasteiger partial charge in [-0.25, -0.2) is 0 Å². The first kappa shape index (κ1) is 32.2. The van der Waals surface area contributed by atoms with Crippen LogP contribution in [0.1, 0.15) is 52.4 Å². The van der Waals surface area contributed by atoms with Gasteiger partial charge in [0.2, 0.25) is 0 Å². The van der Waals surface area contributed by atoms with Crippen LogP contribution < -0.4 is 0 Å². The van der Waals surface area contributed by atoms with Crippen molar-refractivity contribution >= 4 is 5.97 Å². The normalized spacial score (nSPS) is 11.2. The van der Waals surface area contributed by atoms with Crippen molar-refractivity contribution in [2.45, 2.75) is 52.4 Å². The van der Waals surface area contributed by atoms with Gasteiger partial charge in [0.25, 0.3) is 0 Å². The third-order valence-corrected chi connectivity index (χ3v) is 4.41. The molecule has 0 aromatic rings. The minimum Gasteiger partial charge on any atom is -0.463 e. The molecule has 0 amide bonds. The van der Waals surface area contributed by atoms with E-state index in [0.717, 1.165) is 13.0 Å². The first-order valence-corrected chi connectivity index (χ1v) is 12.4. The summed E-state index contributed by atoms with van der Waals surface area (Å²) in [4.78, 5) is 10.6. The van der Waals surface area contributed by atoms with Crippen LogP contribution in [-0.2, 0) is 42.7 Å². The molecule has 9 nitrogen and oxygen atoms in total. The predicted octanol–water partition coefficient (Wildman–Crippen LogP) is 3.03. The van der Waals surface area contributed by atoms with E-state index in [9.17, 15) is 4.79 Å². The first-order chi connectivity index (χ1) is 16.3. The Morgan fingerprint density at radius 3 is 1.09 bits per heavy atom. The molecular formula is C24H48O9. The van der Waals surface area contributed by atoms with Gasteiger partial charge in [-0.1, -0.05) is 39.0 Å². The summed E-state index contributed by atoms with van der Waals surface area (Å²) >= 11 is 0. The number of ether oxygens (including phenoxy) is 8. The van der Waals surface area contributed by atoms with Crippen LogP contribution >= 0.6 is 0 Å². The molecule has 0 saturated heterocycles. The van der Waals surface area contributed by atoms with Crippen molar-refractivity contribution in [2.75, 3.05) is 99.1 Å². The average Bonchev–Trinajstić information content (AvgIpc) is 2.80. The molecule has 0 aromatic heterocycles. The molecule has 0 atom stereocenters. The molecule has 0 fully saturated rings. The van der Waals surface area contributed by atoms with Gasteiger partial charge in [0.15, 0.2) is 0 Å². The molecule has 0 aliphatic rings. The fraction of sp³-hybridized carbons (Fsp3) is 0.958. The van der Waals surface area contributed by atoms with E-state index in [2.05, 4.69) is 6.92 Å². The molecule has 0 unspecified atom stereocenters. The Hall–Kier alpha value is -0.810. The molecule has 0 aliphatic carbocycles. The monoisotopic (exact) mass is 480 g/mol. The molecule has 0 aromatic carbocycles. The fourth-order valence-electron chi connectivity index (χ4n) is 2.65. The molecule has 0 rings (SSSR count). The highest BCUT2D eigenvalue weighted by molar-refractivity contribution is 5.65. The van der Waals surface area contributed by atoms with Crippen LogP contribution in [0.2, 0.25) is 0 Å². The Morgan fingerprint density at radius 1 is 0.424 bits per heavy atom. The summed E-state index contributed by atoms with van der Waals surface area (Å²) in [6, 6.07) is 0. The molecule has 198 valence electrons. The number of carbonyl (C=O) groups excluding carboxylic acids is 1. The van der Waals surface area contributed by atoms with Crippen LogP contribution in [-0.4, -0.2) is 105 Å². The topological polar surface area (TPSA) is 90.9 Å². The van der Waals surface area contributed by atoms with Gasteiger partial charge in [-0.15, -0.1) is 0 Å². The van der Waals surface area contributed by atoms with Gasteiger partial charge in [0.1, 0.15) is 6.61 Å². The highest BCUT2D eigenvalue weighted by Crippen LogP contribution is 2.04. The lowest BCUT2D eigenvalue weighted by molar-refractivity contribution is -0.142. The van der Waals surface area contributed by atoms with Gasteiger partial charge in [-0.05, 0) is 6.42 Å². The summed E-state index contributed by atoms with van der Waals surface area (Å²) in [5.41, 5.74) is 0. The molecule has 0 spiro atoms. The molecule has 0 N–H and O–H groups in total. The van der Waals surface area contributed by atoms with Crippen molar-refractivity contribution in [3.63, 3.8) is 0 Å². The third kappa shape index (κ3) is 31.2. The molecule has 9 heteroatoms. The maximum atomic E-state index is 10.6. The van der Waals surface area contributed by atoms with E-state index in [1.165, 1.54) is 39.0 Å². The zero-order chi connectivity index (χ0) is 24.1. The Kier molecular flexibility index (Phi) is 28.5. The van der Waals surface area contributed by atoms with Crippen LogP contribution in [0, 0.1) is 0 Å². The van der Waals surface area contributed by atoms with E-state index in [1.807, 2.05) is 0 Å². The molecular weight excluding hydrogens is 432 g/mol. The number of hydrogen-bond acceptors (Lipinski definition) is 9. The van der Waals surface area contributed by atoms with Gasteiger partial charge >= 0.3 is 5.97 Å². The zero-order valence-electron chi connectivity index (χ0n) is 21.0. The minimum absolute atomic E-state index is 0.270. The van der Waals surface area contributed by atoms with Crippen molar-refractivity contribution in [2.24, 2.45) is 0 Å². The fourth-order valence-corrected chi connectivity index (χ4v) is 2.65. The second-order valence-electron chi connectivity index (χ2n) is 7.39. The Morgan fingerprint density at radius 2 is 0.727 bits per heavy atom. The van der Waals surface area contributed by atoms with Crippen molar-refractivity contribution in [1.82, 2.24) is 0 Å². The summed E-state index contributed by atoms with van der Waals surface area (Å²) in [6.07, 6.45) is 7.69. The van der Waals surface area contributed by atoms with E-state index >= 15 is 0 Å². The molecule has 0 saturated carbocycles. The number of hydrogen-bond donors (Lipinski definition) is 0. The van der Waals surface area contributed by atoms with Gasteiger partial charge in [0.05, 0.1) is 85.9 Å². The second-order valence-corrected chi connectivity index (χ2v) is 7.39. The van der Waals surface area contributed by atoms with Crippen molar-refractivity contribution < 1.29 is 42.7 Å².